The summed E-state index contributed by atoms with van der Waals surface area (Å²) in [5.74, 6) is -2.99. The minimum absolute atomic E-state index is 0.0777. The van der Waals surface area contributed by atoms with Crippen molar-refractivity contribution in [2.24, 2.45) is 0 Å². The first kappa shape index (κ1) is 20.0. The molecule has 8 heteroatoms. The second kappa shape index (κ2) is 9.42. The maximum Gasteiger partial charge on any atom is 0.303 e. The van der Waals surface area contributed by atoms with Gasteiger partial charge in [0.2, 0.25) is 6.29 Å². The summed E-state index contributed by atoms with van der Waals surface area (Å²) in [6.45, 7) is 0.0777. The number of carboxylic acid groups (broad SMARTS) is 1. The van der Waals surface area contributed by atoms with Gasteiger partial charge in [-0.05, 0) is 48.2 Å². The van der Waals surface area contributed by atoms with E-state index in [0.29, 0.717) is 11.1 Å². The molecule has 0 aliphatic rings. The molecule has 0 heterocycles. The summed E-state index contributed by atoms with van der Waals surface area (Å²) in [4.78, 5) is 32.4. The van der Waals surface area contributed by atoms with Crippen molar-refractivity contribution < 1.29 is 33.0 Å². The summed E-state index contributed by atoms with van der Waals surface area (Å²) in [6.07, 6.45) is 0.480. The number of carboxylic acids is 1. The molecule has 0 atom stereocenters. The Labute approximate surface area is 153 Å². The molecule has 0 fully saturated rings. The Kier molecular flexibility index (Phi) is 6.99. The zero-order valence-corrected chi connectivity index (χ0v) is 14.2. The first-order valence-electron chi connectivity index (χ1n) is 8.06. The number of carbonyl (C=O) groups is 3. The lowest BCUT2D eigenvalue weighted by atomic mass is 10.0. The predicted octanol–water partition coefficient (Wildman–Crippen LogP) is 2.94. The highest BCUT2D eigenvalue weighted by Gasteiger charge is 2.10. The summed E-state index contributed by atoms with van der Waals surface area (Å²) >= 11 is 0. The molecule has 2 rings (SSSR count). The van der Waals surface area contributed by atoms with E-state index in [0.717, 1.165) is 6.07 Å². The summed E-state index contributed by atoms with van der Waals surface area (Å²) < 4.78 is 32.2. The summed E-state index contributed by atoms with van der Waals surface area (Å²) in [7, 11) is 0. The number of aliphatic carboxylic acids is 1. The molecule has 0 aromatic heterocycles. The smallest absolute Gasteiger partial charge is 0.303 e. The number of benzene rings is 2. The first-order valence-corrected chi connectivity index (χ1v) is 8.06. The molecule has 0 radical (unpaired) electrons. The average molecular weight is 377 g/mol. The van der Waals surface area contributed by atoms with Crippen molar-refractivity contribution in [1.29, 1.82) is 0 Å². The van der Waals surface area contributed by atoms with Crippen molar-refractivity contribution in [3.63, 3.8) is 0 Å². The lowest BCUT2D eigenvalue weighted by Crippen LogP contribution is -2.14. The minimum atomic E-state index is -0.963. The van der Waals surface area contributed by atoms with Crippen molar-refractivity contribution in [3.8, 4) is 5.75 Å². The zero-order valence-electron chi connectivity index (χ0n) is 14.2. The van der Waals surface area contributed by atoms with Crippen molar-refractivity contribution >= 4 is 23.9 Å². The van der Waals surface area contributed by atoms with Crippen LogP contribution >= 0.6 is 0 Å². The van der Waals surface area contributed by atoms with E-state index in [1.165, 1.54) is 18.2 Å². The van der Waals surface area contributed by atoms with Crippen LogP contribution in [0.2, 0.25) is 0 Å². The van der Waals surface area contributed by atoms with Crippen molar-refractivity contribution in [3.05, 3.63) is 59.2 Å². The Bertz CT molecular complexity index is 834. The van der Waals surface area contributed by atoms with E-state index in [9.17, 15) is 23.2 Å². The molecule has 2 N–H and O–H groups in total. The molecule has 142 valence electrons. The quantitative estimate of drug-likeness (QED) is 0.398. The molecule has 0 saturated carbocycles. The van der Waals surface area contributed by atoms with Crippen molar-refractivity contribution in [2.45, 2.75) is 19.3 Å². The van der Waals surface area contributed by atoms with E-state index in [-0.39, 0.29) is 43.6 Å². The number of rotatable bonds is 9. The maximum atomic E-state index is 13.3. The largest absolute Gasteiger partial charge is 0.491 e. The molecular weight excluding hydrogens is 360 g/mol. The van der Waals surface area contributed by atoms with Crippen molar-refractivity contribution in [1.82, 2.24) is 0 Å². The summed E-state index contributed by atoms with van der Waals surface area (Å²) in [5.41, 5.74) is 1.29. The predicted molar refractivity (Wildman–Crippen MR) is 92.7 cm³/mol. The Morgan fingerprint density at radius 1 is 1.07 bits per heavy atom. The lowest BCUT2D eigenvalue weighted by molar-refractivity contribution is -0.137. The SMILES string of the molecule is O=CC(=O)Nc1ccc(Cc2cc(F)cc(F)c2)cc1OCCCC(=O)O. The molecule has 0 aliphatic carbocycles. The van der Waals surface area contributed by atoms with Crippen LogP contribution in [0.25, 0.3) is 0 Å². The van der Waals surface area contributed by atoms with Gasteiger partial charge in [-0.25, -0.2) is 8.78 Å². The lowest BCUT2D eigenvalue weighted by Gasteiger charge is -2.13. The first-order chi connectivity index (χ1) is 12.9. The summed E-state index contributed by atoms with van der Waals surface area (Å²) in [6, 6.07) is 7.87. The van der Waals surface area contributed by atoms with Gasteiger partial charge < -0.3 is 15.2 Å². The van der Waals surface area contributed by atoms with Crippen LogP contribution in [0.5, 0.6) is 5.75 Å². The number of carbonyl (C=O) groups excluding carboxylic acids is 2. The third kappa shape index (κ3) is 6.50. The number of halogens is 2. The second-order valence-electron chi connectivity index (χ2n) is 5.74. The highest BCUT2D eigenvalue weighted by molar-refractivity contribution is 6.29. The monoisotopic (exact) mass is 377 g/mol. The number of hydrogen-bond acceptors (Lipinski definition) is 4. The van der Waals surface area contributed by atoms with Gasteiger partial charge in [0.05, 0.1) is 12.3 Å². The zero-order chi connectivity index (χ0) is 19.8. The molecule has 6 nitrogen and oxygen atoms in total. The maximum absolute atomic E-state index is 13.3. The van der Waals surface area contributed by atoms with Crippen LogP contribution in [-0.4, -0.2) is 29.9 Å². The Balaban J connectivity index is 2.20. The molecule has 0 saturated heterocycles. The molecule has 1 amide bonds. The Morgan fingerprint density at radius 3 is 2.41 bits per heavy atom. The van der Waals surface area contributed by atoms with Gasteiger partial charge in [0, 0.05) is 12.5 Å². The minimum Gasteiger partial charge on any atom is -0.491 e. The summed E-state index contributed by atoms with van der Waals surface area (Å²) in [5, 5.41) is 11.0. The van der Waals surface area contributed by atoms with E-state index in [2.05, 4.69) is 5.32 Å². The number of amides is 1. The number of anilines is 1. The van der Waals surface area contributed by atoms with Gasteiger partial charge in [-0.3, -0.25) is 14.4 Å². The number of nitrogens with one attached hydrogen (secondary N) is 1. The van der Waals surface area contributed by atoms with Gasteiger partial charge in [0.25, 0.3) is 5.91 Å². The molecule has 2 aromatic rings. The second-order valence-corrected chi connectivity index (χ2v) is 5.74. The van der Waals surface area contributed by atoms with Crippen LogP contribution in [0, 0.1) is 11.6 Å². The Morgan fingerprint density at radius 2 is 1.78 bits per heavy atom. The van der Waals surface area contributed by atoms with Gasteiger partial charge in [-0.2, -0.15) is 0 Å². The topological polar surface area (TPSA) is 92.7 Å². The molecule has 2 aromatic carbocycles. The van der Waals surface area contributed by atoms with Gasteiger partial charge in [-0.15, -0.1) is 0 Å². The average Bonchev–Trinajstić information content (AvgIpc) is 2.59. The number of ether oxygens (including phenoxy) is 1. The standard InChI is InChI=1S/C19H17F2NO5/c20-14-7-13(8-15(21)10-14)6-12-3-4-16(22-18(24)11-23)17(9-12)27-5-1-2-19(25)26/h3-4,7-11H,1-2,5-6H2,(H,22,24)(H,25,26). The van der Waals surface area contributed by atoms with Crippen LogP contribution in [0.4, 0.5) is 14.5 Å². The third-order valence-corrected chi connectivity index (χ3v) is 3.53. The van der Waals surface area contributed by atoms with E-state index < -0.39 is 23.5 Å². The van der Waals surface area contributed by atoms with Crippen LogP contribution in [0.3, 0.4) is 0 Å². The molecule has 0 bridgehead atoms. The highest BCUT2D eigenvalue weighted by atomic mass is 19.1. The van der Waals surface area contributed by atoms with E-state index >= 15 is 0 Å². The fourth-order valence-corrected chi connectivity index (χ4v) is 2.42. The fraction of sp³-hybridized carbons (Fsp3) is 0.211. The van der Waals surface area contributed by atoms with Crippen LogP contribution < -0.4 is 10.1 Å². The number of aldehydes is 1. The molecular formula is C19H17F2NO5. The van der Waals surface area contributed by atoms with Gasteiger partial charge >= 0.3 is 5.97 Å². The Hall–Kier alpha value is -3.29. The van der Waals surface area contributed by atoms with Crippen LogP contribution in [-0.2, 0) is 20.8 Å². The fourth-order valence-electron chi connectivity index (χ4n) is 2.42. The molecule has 0 spiro atoms. The molecule has 0 unspecified atom stereocenters. The van der Waals surface area contributed by atoms with E-state index in [4.69, 9.17) is 9.84 Å². The van der Waals surface area contributed by atoms with Crippen LogP contribution in [0.1, 0.15) is 24.0 Å². The normalized spacial score (nSPS) is 10.3. The number of hydrogen-bond donors (Lipinski definition) is 2. The van der Waals surface area contributed by atoms with Crippen molar-refractivity contribution in [2.75, 3.05) is 11.9 Å². The van der Waals surface area contributed by atoms with Gasteiger partial charge in [-0.1, -0.05) is 6.07 Å². The highest BCUT2D eigenvalue weighted by Crippen LogP contribution is 2.27. The third-order valence-electron chi connectivity index (χ3n) is 3.53. The molecule has 0 aliphatic heterocycles. The van der Waals surface area contributed by atoms with Gasteiger partial charge in [0.1, 0.15) is 17.4 Å². The van der Waals surface area contributed by atoms with Gasteiger partial charge in [0.15, 0.2) is 0 Å². The van der Waals surface area contributed by atoms with E-state index in [1.54, 1.807) is 12.1 Å². The van der Waals surface area contributed by atoms with E-state index in [1.807, 2.05) is 0 Å². The molecule has 27 heavy (non-hydrogen) atoms. The van der Waals surface area contributed by atoms with Crippen LogP contribution in [0.15, 0.2) is 36.4 Å².